The van der Waals surface area contributed by atoms with Crippen molar-refractivity contribution in [1.82, 2.24) is 4.57 Å². The number of aryl methyl sites for hydroxylation is 1. The third-order valence-electron chi connectivity index (χ3n) is 4.74. The molecule has 0 saturated heterocycles. The zero-order chi connectivity index (χ0) is 20.2. The molecule has 0 fully saturated rings. The van der Waals surface area contributed by atoms with Gasteiger partial charge in [-0.15, -0.1) is 0 Å². The third kappa shape index (κ3) is 3.97. The van der Waals surface area contributed by atoms with E-state index in [1.54, 1.807) is 18.2 Å². The molecule has 3 aromatic carbocycles. The number of benzene rings is 3. The van der Waals surface area contributed by atoms with E-state index in [1.807, 2.05) is 72.3 Å². The van der Waals surface area contributed by atoms with E-state index in [0.29, 0.717) is 29.3 Å². The molecular formula is C24H19N3O2. The second kappa shape index (κ2) is 7.91. The number of aromatic nitrogens is 1. The monoisotopic (exact) mass is 381 g/mol. The maximum atomic E-state index is 12.8. The Morgan fingerprint density at radius 1 is 1.03 bits per heavy atom. The number of carbonyl (C=O) groups excluding carboxylic acids is 1. The average Bonchev–Trinajstić information content (AvgIpc) is 3.10. The van der Waals surface area contributed by atoms with Crippen molar-refractivity contribution in [2.45, 2.75) is 6.61 Å². The Hall–Kier alpha value is -4.04. The minimum Gasteiger partial charge on any atom is -0.489 e. The lowest BCUT2D eigenvalue weighted by Crippen LogP contribution is -2.15. The van der Waals surface area contributed by atoms with Crippen molar-refractivity contribution in [2.75, 3.05) is 5.32 Å². The number of fused-ring (bicyclic) bond motifs is 1. The summed E-state index contributed by atoms with van der Waals surface area (Å²) in [4.78, 5) is 12.8. The molecule has 1 aromatic heterocycles. The first-order valence-corrected chi connectivity index (χ1v) is 9.22. The highest BCUT2D eigenvalue weighted by Crippen LogP contribution is 2.22. The number of nitriles is 1. The first kappa shape index (κ1) is 18.3. The van der Waals surface area contributed by atoms with Crippen LogP contribution in [-0.2, 0) is 13.7 Å². The van der Waals surface area contributed by atoms with Crippen LogP contribution in [-0.4, -0.2) is 10.5 Å². The predicted molar refractivity (Wildman–Crippen MR) is 113 cm³/mol. The number of para-hydroxylation sites is 1. The van der Waals surface area contributed by atoms with Gasteiger partial charge in [-0.3, -0.25) is 4.79 Å². The van der Waals surface area contributed by atoms with Crippen LogP contribution in [0, 0.1) is 11.3 Å². The van der Waals surface area contributed by atoms with Crippen LogP contribution in [0.1, 0.15) is 21.6 Å². The fourth-order valence-electron chi connectivity index (χ4n) is 3.26. The number of amides is 1. The molecule has 0 spiro atoms. The summed E-state index contributed by atoms with van der Waals surface area (Å²) in [6.07, 6.45) is 0. The van der Waals surface area contributed by atoms with Crippen molar-refractivity contribution in [3.05, 3.63) is 95.7 Å². The normalized spacial score (nSPS) is 10.5. The molecule has 29 heavy (non-hydrogen) atoms. The standard InChI is InChI=1S/C24H19N3O2/c1-27-22-11-3-2-8-19(22)13-23(27)24(28)26-20-9-5-10-21(14-20)29-16-18-7-4-6-17(12-18)15-25/h2-14H,16H2,1H3,(H,26,28). The second-order valence-electron chi connectivity index (χ2n) is 6.73. The third-order valence-corrected chi connectivity index (χ3v) is 4.74. The van der Waals surface area contributed by atoms with E-state index in [2.05, 4.69) is 11.4 Å². The molecule has 1 N–H and O–H groups in total. The molecule has 0 radical (unpaired) electrons. The van der Waals surface area contributed by atoms with Gasteiger partial charge in [-0.2, -0.15) is 5.26 Å². The van der Waals surface area contributed by atoms with Gasteiger partial charge in [0.2, 0.25) is 0 Å². The Labute approximate surface area is 168 Å². The molecule has 0 saturated carbocycles. The minimum absolute atomic E-state index is 0.178. The van der Waals surface area contributed by atoms with Crippen molar-refractivity contribution < 1.29 is 9.53 Å². The highest BCUT2D eigenvalue weighted by molar-refractivity contribution is 6.06. The zero-order valence-electron chi connectivity index (χ0n) is 15.9. The molecular weight excluding hydrogens is 362 g/mol. The highest BCUT2D eigenvalue weighted by atomic mass is 16.5. The van der Waals surface area contributed by atoms with Crippen molar-refractivity contribution in [2.24, 2.45) is 7.05 Å². The van der Waals surface area contributed by atoms with Gasteiger partial charge in [0, 0.05) is 29.7 Å². The molecule has 0 aliphatic carbocycles. The van der Waals surface area contributed by atoms with Crippen LogP contribution in [0.5, 0.6) is 5.75 Å². The lowest BCUT2D eigenvalue weighted by atomic mass is 10.1. The van der Waals surface area contributed by atoms with Gasteiger partial charge < -0.3 is 14.6 Å². The number of hydrogen-bond acceptors (Lipinski definition) is 3. The van der Waals surface area contributed by atoms with Gasteiger partial charge in [0.05, 0.1) is 11.6 Å². The number of nitrogens with zero attached hydrogens (tertiary/aromatic N) is 2. The summed E-state index contributed by atoms with van der Waals surface area (Å²) < 4.78 is 7.71. The predicted octanol–water partition coefficient (Wildman–Crippen LogP) is 4.88. The minimum atomic E-state index is -0.178. The quantitative estimate of drug-likeness (QED) is 0.536. The van der Waals surface area contributed by atoms with Gasteiger partial charge in [0.1, 0.15) is 18.1 Å². The van der Waals surface area contributed by atoms with Crippen molar-refractivity contribution >= 4 is 22.5 Å². The average molecular weight is 381 g/mol. The van der Waals surface area contributed by atoms with Crippen LogP contribution in [0.25, 0.3) is 10.9 Å². The smallest absolute Gasteiger partial charge is 0.272 e. The fraction of sp³-hybridized carbons (Fsp3) is 0.0833. The maximum Gasteiger partial charge on any atom is 0.272 e. The number of anilines is 1. The van der Waals surface area contributed by atoms with Crippen molar-refractivity contribution in [3.63, 3.8) is 0 Å². The first-order chi connectivity index (χ1) is 14.1. The number of hydrogen-bond donors (Lipinski definition) is 1. The largest absolute Gasteiger partial charge is 0.489 e. The number of carbonyl (C=O) groups is 1. The second-order valence-corrected chi connectivity index (χ2v) is 6.73. The molecule has 0 bridgehead atoms. The lowest BCUT2D eigenvalue weighted by Gasteiger charge is -2.10. The van der Waals surface area contributed by atoms with Crippen LogP contribution in [0.4, 0.5) is 5.69 Å². The number of nitrogens with one attached hydrogen (secondary N) is 1. The summed E-state index contributed by atoms with van der Waals surface area (Å²) in [7, 11) is 1.88. The molecule has 142 valence electrons. The van der Waals surface area contributed by atoms with Crippen LogP contribution >= 0.6 is 0 Å². The summed E-state index contributed by atoms with van der Waals surface area (Å²) >= 11 is 0. The maximum absolute atomic E-state index is 12.8. The van der Waals surface area contributed by atoms with E-state index in [-0.39, 0.29) is 5.91 Å². The Morgan fingerprint density at radius 3 is 2.69 bits per heavy atom. The van der Waals surface area contributed by atoms with E-state index >= 15 is 0 Å². The van der Waals surface area contributed by atoms with Gasteiger partial charge in [-0.25, -0.2) is 0 Å². The van der Waals surface area contributed by atoms with E-state index < -0.39 is 0 Å². The van der Waals surface area contributed by atoms with E-state index in [0.717, 1.165) is 16.5 Å². The van der Waals surface area contributed by atoms with Gasteiger partial charge in [0.15, 0.2) is 0 Å². The molecule has 1 amide bonds. The summed E-state index contributed by atoms with van der Waals surface area (Å²) in [6, 6.07) is 26.5. The molecule has 0 atom stereocenters. The summed E-state index contributed by atoms with van der Waals surface area (Å²) in [5.74, 6) is 0.463. The van der Waals surface area contributed by atoms with E-state index in [4.69, 9.17) is 10.00 Å². The SMILES string of the molecule is Cn1c(C(=O)Nc2cccc(OCc3cccc(C#N)c3)c2)cc2ccccc21. The fourth-order valence-corrected chi connectivity index (χ4v) is 3.26. The van der Waals surface area contributed by atoms with Crippen molar-refractivity contribution in [1.29, 1.82) is 5.26 Å². The molecule has 1 heterocycles. The zero-order valence-corrected chi connectivity index (χ0v) is 15.9. The van der Waals surface area contributed by atoms with Gasteiger partial charge >= 0.3 is 0 Å². The van der Waals surface area contributed by atoms with Crippen LogP contribution in [0.15, 0.2) is 78.9 Å². The van der Waals surface area contributed by atoms with Crippen LogP contribution < -0.4 is 10.1 Å². The highest BCUT2D eigenvalue weighted by Gasteiger charge is 2.13. The first-order valence-electron chi connectivity index (χ1n) is 9.22. The Kier molecular flexibility index (Phi) is 5.00. The molecule has 5 heteroatoms. The van der Waals surface area contributed by atoms with Gasteiger partial charge in [-0.1, -0.05) is 36.4 Å². The molecule has 0 aliphatic heterocycles. The van der Waals surface area contributed by atoms with Crippen LogP contribution in [0.3, 0.4) is 0 Å². The molecule has 4 rings (SSSR count). The van der Waals surface area contributed by atoms with Gasteiger partial charge in [0.25, 0.3) is 5.91 Å². The van der Waals surface area contributed by atoms with E-state index in [1.165, 1.54) is 0 Å². The number of ether oxygens (including phenoxy) is 1. The summed E-state index contributed by atoms with van der Waals surface area (Å²) in [5, 5.41) is 13.0. The molecule has 0 aliphatic rings. The summed E-state index contributed by atoms with van der Waals surface area (Å²) in [5.41, 5.74) is 3.76. The topological polar surface area (TPSA) is 67.1 Å². The lowest BCUT2D eigenvalue weighted by molar-refractivity contribution is 0.101. The van der Waals surface area contributed by atoms with Crippen molar-refractivity contribution in [3.8, 4) is 11.8 Å². The van der Waals surface area contributed by atoms with Crippen LogP contribution in [0.2, 0.25) is 0 Å². The molecule has 5 nitrogen and oxygen atoms in total. The molecule has 0 unspecified atom stereocenters. The van der Waals surface area contributed by atoms with E-state index in [9.17, 15) is 4.79 Å². The Morgan fingerprint density at radius 2 is 1.86 bits per heavy atom. The summed E-state index contributed by atoms with van der Waals surface area (Å²) in [6.45, 7) is 0.343. The Bertz CT molecular complexity index is 1230. The molecule has 4 aromatic rings. The van der Waals surface area contributed by atoms with Gasteiger partial charge in [-0.05, 0) is 42.0 Å². The number of rotatable bonds is 5. The Balaban J connectivity index is 1.47.